The Kier molecular flexibility index (Phi) is 5.52. The molecule has 0 heterocycles. The van der Waals surface area contributed by atoms with Crippen LogP contribution in [0.3, 0.4) is 0 Å². The van der Waals surface area contributed by atoms with Crippen LogP contribution >= 0.6 is 0 Å². The molecule has 0 fully saturated rings. The molecule has 0 aliphatic heterocycles. The first-order chi connectivity index (χ1) is 9.43. The lowest BCUT2D eigenvalue weighted by molar-refractivity contribution is -0.119. The van der Waals surface area contributed by atoms with Gasteiger partial charge in [0.15, 0.2) is 0 Å². The number of carbonyl (C=O) groups excluding carboxylic acids is 2. The molecule has 0 aromatic heterocycles. The van der Waals surface area contributed by atoms with E-state index in [0.717, 1.165) is 5.56 Å². The highest BCUT2D eigenvalue weighted by molar-refractivity contribution is 6.00. The minimum atomic E-state index is -1.13. The molecule has 20 heavy (non-hydrogen) atoms. The number of carboxylic acids is 1. The number of hydrogen-bond donors (Lipinski definition) is 4. The Labute approximate surface area is 116 Å². The van der Waals surface area contributed by atoms with E-state index < -0.39 is 12.0 Å². The maximum Gasteiger partial charge on any atom is 0.337 e. The van der Waals surface area contributed by atoms with Gasteiger partial charge in [-0.05, 0) is 26.0 Å². The second-order valence-electron chi connectivity index (χ2n) is 4.12. The van der Waals surface area contributed by atoms with Crippen LogP contribution < -0.4 is 16.0 Å². The Morgan fingerprint density at radius 3 is 2.50 bits per heavy atom. The molecule has 1 aromatic rings. The number of carboxylic acid groups (broad SMARTS) is 1. The molecule has 1 aromatic carbocycles. The molecule has 0 aliphatic rings. The maximum atomic E-state index is 11.6. The summed E-state index contributed by atoms with van der Waals surface area (Å²) in [7, 11) is 0. The van der Waals surface area contributed by atoms with E-state index in [9.17, 15) is 14.4 Å². The summed E-state index contributed by atoms with van der Waals surface area (Å²) < 4.78 is 0. The number of aromatic carboxylic acids is 1. The van der Waals surface area contributed by atoms with Gasteiger partial charge in [0.25, 0.3) is 0 Å². The average Bonchev–Trinajstić information content (AvgIpc) is 2.38. The maximum absolute atomic E-state index is 11.6. The van der Waals surface area contributed by atoms with Crippen molar-refractivity contribution in [1.29, 1.82) is 0 Å². The zero-order chi connectivity index (χ0) is 15.1. The Bertz CT molecular complexity index is 528. The van der Waals surface area contributed by atoms with Crippen molar-refractivity contribution in [3.8, 4) is 0 Å². The molecule has 7 nitrogen and oxygen atoms in total. The molecule has 0 atom stereocenters. The van der Waals surface area contributed by atoms with Crippen LogP contribution in [0.2, 0.25) is 0 Å². The van der Waals surface area contributed by atoms with Crippen LogP contribution in [0.4, 0.5) is 10.5 Å². The van der Waals surface area contributed by atoms with Crippen molar-refractivity contribution in [3.63, 3.8) is 0 Å². The summed E-state index contributed by atoms with van der Waals surface area (Å²) in [4.78, 5) is 33.8. The van der Waals surface area contributed by atoms with Crippen molar-refractivity contribution in [1.82, 2.24) is 10.6 Å². The number of anilines is 1. The summed E-state index contributed by atoms with van der Waals surface area (Å²) in [6.07, 6.45) is 0. The molecule has 0 aliphatic carbocycles. The van der Waals surface area contributed by atoms with E-state index in [1.54, 1.807) is 19.9 Å². The van der Waals surface area contributed by atoms with Gasteiger partial charge in [0.05, 0.1) is 17.8 Å². The van der Waals surface area contributed by atoms with Crippen LogP contribution in [-0.2, 0) is 4.79 Å². The highest BCUT2D eigenvalue weighted by Crippen LogP contribution is 2.17. The van der Waals surface area contributed by atoms with E-state index in [-0.39, 0.29) is 23.7 Å². The molecule has 0 spiro atoms. The fraction of sp³-hybridized carbons (Fsp3) is 0.308. The lowest BCUT2D eigenvalue weighted by Gasteiger charge is -2.10. The van der Waals surface area contributed by atoms with Gasteiger partial charge in [0.1, 0.15) is 0 Å². The number of aryl methyl sites for hydroxylation is 1. The standard InChI is InChI=1S/C13H17N3O4/c1-3-14-11(17)7-15-13(20)16-10-5-4-8(2)6-9(10)12(18)19/h4-6H,3,7H2,1-2H3,(H,14,17)(H,18,19)(H2,15,16,20). The van der Waals surface area contributed by atoms with Crippen LogP contribution in [0.25, 0.3) is 0 Å². The summed E-state index contributed by atoms with van der Waals surface area (Å²) >= 11 is 0. The van der Waals surface area contributed by atoms with Crippen molar-refractivity contribution in [2.75, 3.05) is 18.4 Å². The second-order valence-corrected chi connectivity index (χ2v) is 4.12. The molecule has 0 saturated carbocycles. The van der Waals surface area contributed by atoms with E-state index in [0.29, 0.717) is 6.54 Å². The smallest absolute Gasteiger partial charge is 0.337 e. The minimum Gasteiger partial charge on any atom is -0.478 e. The van der Waals surface area contributed by atoms with Crippen LogP contribution in [0.1, 0.15) is 22.8 Å². The zero-order valence-corrected chi connectivity index (χ0v) is 11.3. The van der Waals surface area contributed by atoms with Gasteiger partial charge in [0, 0.05) is 6.54 Å². The van der Waals surface area contributed by atoms with E-state index in [1.807, 2.05) is 0 Å². The SMILES string of the molecule is CCNC(=O)CNC(=O)Nc1ccc(C)cc1C(=O)O. The molecular formula is C13H17N3O4. The molecule has 1 rings (SSSR count). The number of amides is 3. The zero-order valence-electron chi connectivity index (χ0n) is 11.3. The first kappa shape index (κ1) is 15.5. The minimum absolute atomic E-state index is 0.00170. The Hall–Kier alpha value is -2.57. The molecular weight excluding hydrogens is 262 g/mol. The first-order valence-corrected chi connectivity index (χ1v) is 6.09. The number of benzene rings is 1. The molecule has 0 unspecified atom stereocenters. The van der Waals surface area contributed by atoms with E-state index in [4.69, 9.17) is 5.11 Å². The van der Waals surface area contributed by atoms with Gasteiger partial charge in [-0.3, -0.25) is 4.79 Å². The van der Waals surface area contributed by atoms with Gasteiger partial charge >= 0.3 is 12.0 Å². The van der Waals surface area contributed by atoms with Gasteiger partial charge in [-0.25, -0.2) is 9.59 Å². The molecule has 0 saturated heterocycles. The fourth-order valence-corrected chi connectivity index (χ4v) is 1.53. The predicted octanol–water partition coefficient (Wildman–Crippen LogP) is 0.951. The quantitative estimate of drug-likeness (QED) is 0.643. The summed E-state index contributed by atoms with van der Waals surface area (Å²) in [5, 5.41) is 16.3. The number of urea groups is 1. The highest BCUT2D eigenvalue weighted by atomic mass is 16.4. The van der Waals surface area contributed by atoms with Gasteiger partial charge < -0.3 is 21.1 Å². The molecule has 108 valence electrons. The van der Waals surface area contributed by atoms with Crippen molar-refractivity contribution < 1.29 is 19.5 Å². The van der Waals surface area contributed by atoms with Crippen molar-refractivity contribution >= 4 is 23.6 Å². The largest absolute Gasteiger partial charge is 0.478 e. The molecule has 0 radical (unpaired) electrons. The number of rotatable bonds is 5. The van der Waals surface area contributed by atoms with Crippen molar-refractivity contribution in [2.45, 2.75) is 13.8 Å². The number of hydrogen-bond acceptors (Lipinski definition) is 3. The first-order valence-electron chi connectivity index (χ1n) is 6.09. The topological polar surface area (TPSA) is 108 Å². The average molecular weight is 279 g/mol. The molecule has 7 heteroatoms. The highest BCUT2D eigenvalue weighted by Gasteiger charge is 2.13. The third kappa shape index (κ3) is 4.60. The fourth-order valence-electron chi connectivity index (χ4n) is 1.53. The van der Waals surface area contributed by atoms with E-state index >= 15 is 0 Å². The predicted molar refractivity (Wildman–Crippen MR) is 73.8 cm³/mol. The van der Waals surface area contributed by atoms with Gasteiger partial charge in [-0.1, -0.05) is 11.6 Å². The van der Waals surface area contributed by atoms with Crippen LogP contribution in [0.5, 0.6) is 0 Å². The van der Waals surface area contributed by atoms with Crippen LogP contribution in [-0.4, -0.2) is 36.1 Å². The summed E-state index contributed by atoms with van der Waals surface area (Å²) in [5.74, 6) is -1.45. The van der Waals surface area contributed by atoms with Gasteiger partial charge in [-0.2, -0.15) is 0 Å². The summed E-state index contributed by atoms with van der Waals surface area (Å²) in [6, 6.07) is 4.01. The van der Waals surface area contributed by atoms with Crippen LogP contribution in [0, 0.1) is 6.92 Å². The Balaban J connectivity index is 2.66. The summed E-state index contributed by atoms with van der Waals surface area (Å²) in [5.41, 5.74) is 0.949. The number of carbonyl (C=O) groups is 3. The molecule has 0 bridgehead atoms. The summed E-state index contributed by atoms with van der Waals surface area (Å²) in [6.45, 7) is 3.83. The van der Waals surface area contributed by atoms with Crippen molar-refractivity contribution in [3.05, 3.63) is 29.3 Å². The normalized spacial score (nSPS) is 9.70. The Morgan fingerprint density at radius 2 is 1.90 bits per heavy atom. The Morgan fingerprint density at radius 1 is 1.20 bits per heavy atom. The number of nitrogens with one attached hydrogen (secondary N) is 3. The van der Waals surface area contributed by atoms with Gasteiger partial charge in [-0.15, -0.1) is 0 Å². The third-order valence-electron chi connectivity index (χ3n) is 2.44. The van der Waals surface area contributed by atoms with E-state index in [2.05, 4.69) is 16.0 Å². The number of likely N-dealkylation sites (N-methyl/N-ethyl adjacent to an activating group) is 1. The monoisotopic (exact) mass is 279 g/mol. The molecule has 4 N–H and O–H groups in total. The van der Waals surface area contributed by atoms with Gasteiger partial charge in [0.2, 0.25) is 5.91 Å². The third-order valence-corrected chi connectivity index (χ3v) is 2.44. The lowest BCUT2D eigenvalue weighted by atomic mass is 10.1. The van der Waals surface area contributed by atoms with Crippen molar-refractivity contribution in [2.24, 2.45) is 0 Å². The second kappa shape index (κ2) is 7.13. The van der Waals surface area contributed by atoms with Crippen LogP contribution in [0.15, 0.2) is 18.2 Å². The van der Waals surface area contributed by atoms with E-state index in [1.165, 1.54) is 12.1 Å². The lowest BCUT2D eigenvalue weighted by Crippen LogP contribution is -2.39. The molecule has 3 amide bonds.